The first-order valence-electron chi connectivity index (χ1n) is 6.19. The number of hydrogen-bond donors (Lipinski definition) is 0. The molecule has 0 saturated carbocycles. The molecule has 1 fully saturated rings. The van der Waals surface area contributed by atoms with Crippen LogP contribution in [0.2, 0.25) is 0 Å². The van der Waals surface area contributed by atoms with Crippen molar-refractivity contribution in [2.75, 3.05) is 13.1 Å². The molecule has 3 rings (SSSR count). The van der Waals surface area contributed by atoms with Gasteiger partial charge in [0.1, 0.15) is 0 Å². The van der Waals surface area contributed by atoms with Crippen LogP contribution in [0.5, 0.6) is 0 Å². The molecule has 1 aromatic rings. The minimum Gasteiger partial charge on any atom is -0.300 e. The summed E-state index contributed by atoms with van der Waals surface area (Å²) in [4.78, 5) is 2.67. The molecule has 15 heavy (non-hydrogen) atoms. The molecular weight excluding hydrogens is 182 g/mol. The van der Waals surface area contributed by atoms with Crippen molar-refractivity contribution in [2.45, 2.75) is 32.2 Å². The zero-order valence-electron chi connectivity index (χ0n) is 9.45. The number of likely N-dealkylation sites (tertiary alicyclic amines) is 1. The topological polar surface area (TPSA) is 3.24 Å². The highest BCUT2D eigenvalue weighted by atomic mass is 15.2. The molecule has 2 aliphatic rings. The van der Waals surface area contributed by atoms with Crippen LogP contribution in [0.3, 0.4) is 0 Å². The quantitative estimate of drug-likeness (QED) is 0.675. The van der Waals surface area contributed by atoms with Gasteiger partial charge in [0.05, 0.1) is 0 Å². The van der Waals surface area contributed by atoms with Gasteiger partial charge in [-0.15, -0.1) is 0 Å². The maximum absolute atomic E-state index is 2.67. The first-order valence-corrected chi connectivity index (χ1v) is 6.19. The van der Waals surface area contributed by atoms with E-state index in [1.54, 1.807) is 11.1 Å². The van der Waals surface area contributed by atoms with Gasteiger partial charge in [0, 0.05) is 6.04 Å². The Morgan fingerprint density at radius 2 is 1.93 bits per heavy atom. The zero-order valence-corrected chi connectivity index (χ0v) is 9.45. The minimum atomic E-state index is 0.838. The normalized spacial score (nSPS) is 29.9. The molecule has 2 unspecified atom stereocenters. The molecular formula is C14H19N. The molecule has 0 radical (unpaired) electrons. The van der Waals surface area contributed by atoms with Gasteiger partial charge in [0.25, 0.3) is 0 Å². The van der Waals surface area contributed by atoms with Gasteiger partial charge >= 0.3 is 0 Å². The van der Waals surface area contributed by atoms with Gasteiger partial charge in [0.15, 0.2) is 0 Å². The van der Waals surface area contributed by atoms with Gasteiger partial charge in [0.2, 0.25) is 0 Å². The monoisotopic (exact) mass is 201 g/mol. The van der Waals surface area contributed by atoms with Gasteiger partial charge in [-0.2, -0.15) is 0 Å². The first kappa shape index (κ1) is 9.41. The Bertz CT molecular complexity index is 358. The fraction of sp³-hybridized carbons (Fsp3) is 0.571. The maximum Gasteiger partial charge on any atom is 0.0167 e. The van der Waals surface area contributed by atoms with Crippen molar-refractivity contribution in [1.29, 1.82) is 0 Å². The molecule has 0 amide bonds. The third kappa shape index (κ3) is 1.50. The van der Waals surface area contributed by atoms with Crippen molar-refractivity contribution in [3.05, 3.63) is 35.4 Å². The van der Waals surface area contributed by atoms with Crippen LogP contribution in [0.4, 0.5) is 0 Å². The molecule has 1 heteroatoms. The summed E-state index contributed by atoms with van der Waals surface area (Å²) < 4.78 is 0. The predicted octanol–water partition coefficient (Wildman–Crippen LogP) is 2.50. The molecule has 1 aliphatic heterocycles. The van der Waals surface area contributed by atoms with E-state index in [1.165, 1.54) is 32.4 Å². The van der Waals surface area contributed by atoms with Crippen molar-refractivity contribution in [1.82, 2.24) is 4.90 Å². The fourth-order valence-electron chi connectivity index (χ4n) is 3.38. The fourth-order valence-corrected chi connectivity index (χ4v) is 3.38. The minimum absolute atomic E-state index is 0.838. The highest BCUT2D eigenvalue weighted by Crippen LogP contribution is 2.35. The van der Waals surface area contributed by atoms with Crippen LogP contribution in [-0.2, 0) is 12.8 Å². The van der Waals surface area contributed by atoms with Crippen molar-refractivity contribution in [3.8, 4) is 0 Å². The van der Waals surface area contributed by atoms with Gasteiger partial charge in [-0.1, -0.05) is 31.2 Å². The standard InChI is InChI=1S/C14H19N/c1-2-15-8-7-13-9-11-5-3-4-6-12(11)10-14(13)15/h3-6,13-14H,2,7-10H2,1H3. The van der Waals surface area contributed by atoms with Crippen LogP contribution < -0.4 is 0 Å². The summed E-state index contributed by atoms with van der Waals surface area (Å²) >= 11 is 0. The molecule has 0 bridgehead atoms. The molecule has 1 heterocycles. The van der Waals surface area contributed by atoms with E-state index in [4.69, 9.17) is 0 Å². The van der Waals surface area contributed by atoms with Crippen LogP contribution in [0, 0.1) is 5.92 Å². The summed E-state index contributed by atoms with van der Waals surface area (Å²) in [7, 11) is 0. The van der Waals surface area contributed by atoms with E-state index in [-0.39, 0.29) is 0 Å². The van der Waals surface area contributed by atoms with E-state index in [0.717, 1.165) is 12.0 Å². The van der Waals surface area contributed by atoms with E-state index in [0.29, 0.717) is 0 Å². The molecule has 0 N–H and O–H groups in total. The van der Waals surface area contributed by atoms with Crippen LogP contribution in [0.15, 0.2) is 24.3 Å². The van der Waals surface area contributed by atoms with Gasteiger partial charge in [-0.05, 0) is 49.4 Å². The van der Waals surface area contributed by atoms with Crippen molar-refractivity contribution in [2.24, 2.45) is 5.92 Å². The van der Waals surface area contributed by atoms with E-state index in [1.807, 2.05) is 0 Å². The van der Waals surface area contributed by atoms with Crippen LogP contribution in [-0.4, -0.2) is 24.0 Å². The van der Waals surface area contributed by atoms with E-state index in [9.17, 15) is 0 Å². The Balaban J connectivity index is 1.90. The molecule has 80 valence electrons. The van der Waals surface area contributed by atoms with Gasteiger partial charge < -0.3 is 4.90 Å². The zero-order chi connectivity index (χ0) is 10.3. The Hall–Kier alpha value is -0.820. The Kier molecular flexibility index (Phi) is 2.28. The lowest BCUT2D eigenvalue weighted by Crippen LogP contribution is -2.37. The summed E-state index contributed by atoms with van der Waals surface area (Å²) in [5, 5.41) is 0. The highest BCUT2D eigenvalue weighted by molar-refractivity contribution is 5.31. The molecule has 1 aromatic carbocycles. The van der Waals surface area contributed by atoms with Gasteiger partial charge in [-0.25, -0.2) is 0 Å². The first-order chi connectivity index (χ1) is 7.38. The number of hydrogen-bond acceptors (Lipinski definition) is 1. The number of likely N-dealkylation sites (N-methyl/N-ethyl adjacent to an activating group) is 1. The third-order valence-electron chi connectivity index (χ3n) is 4.24. The summed E-state index contributed by atoms with van der Waals surface area (Å²) in [6.45, 7) is 4.84. The number of benzene rings is 1. The lowest BCUT2D eigenvalue weighted by Gasteiger charge is -2.32. The summed E-state index contributed by atoms with van der Waals surface area (Å²) in [5.41, 5.74) is 3.20. The van der Waals surface area contributed by atoms with Crippen LogP contribution in [0.1, 0.15) is 24.5 Å². The van der Waals surface area contributed by atoms with E-state index >= 15 is 0 Å². The van der Waals surface area contributed by atoms with Crippen LogP contribution >= 0.6 is 0 Å². The van der Waals surface area contributed by atoms with E-state index < -0.39 is 0 Å². The maximum atomic E-state index is 2.67. The van der Waals surface area contributed by atoms with Crippen molar-refractivity contribution in [3.63, 3.8) is 0 Å². The lowest BCUT2D eigenvalue weighted by molar-refractivity contribution is 0.226. The SMILES string of the molecule is CCN1CCC2Cc3ccccc3CC21. The van der Waals surface area contributed by atoms with Crippen molar-refractivity contribution >= 4 is 0 Å². The smallest absolute Gasteiger partial charge is 0.0167 e. The molecule has 0 spiro atoms. The molecule has 1 aliphatic carbocycles. The number of rotatable bonds is 1. The predicted molar refractivity (Wildman–Crippen MR) is 63.0 cm³/mol. The van der Waals surface area contributed by atoms with Crippen LogP contribution in [0.25, 0.3) is 0 Å². The summed E-state index contributed by atoms with van der Waals surface area (Å²) in [6, 6.07) is 9.85. The highest BCUT2D eigenvalue weighted by Gasteiger charge is 2.36. The molecule has 2 atom stereocenters. The average Bonchev–Trinajstić information content (AvgIpc) is 2.68. The second kappa shape index (κ2) is 3.64. The second-order valence-corrected chi connectivity index (χ2v) is 4.92. The second-order valence-electron chi connectivity index (χ2n) is 4.92. The average molecular weight is 201 g/mol. The van der Waals surface area contributed by atoms with Gasteiger partial charge in [-0.3, -0.25) is 0 Å². The van der Waals surface area contributed by atoms with E-state index in [2.05, 4.69) is 36.1 Å². The third-order valence-corrected chi connectivity index (χ3v) is 4.24. The Morgan fingerprint density at radius 1 is 1.20 bits per heavy atom. The Morgan fingerprint density at radius 3 is 2.67 bits per heavy atom. The summed E-state index contributed by atoms with van der Waals surface area (Å²) in [5.74, 6) is 0.930. The molecule has 1 nitrogen and oxygen atoms in total. The summed E-state index contributed by atoms with van der Waals surface area (Å²) in [6.07, 6.45) is 4.01. The Labute approximate surface area is 92.1 Å². The molecule has 0 aromatic heterocycles. The number of nitrogens with zero attached hydrogens (tertiary/aromatic N) is 1. The lowest BCUT2D eigenvalue weighted by atomic mass is 9.80. The molecule has 1 saturated heterocycles. The number of fused-ring (bicyclic) bond motifs is 2. The van der Waals surface area contributed by atoms with Crippen molar-refractivity contribution < 1.29 is 0 Å². The largest absolute Gasteiger partial charge is 0.300 e.